The van der Waals surface area contributed by atoms with E-state index in [0.717, 1.165) is 12.8 Å². The van der Waals surface area contributed by atoms with E-state index >= 15 is 0 Å². The highest BCUT2D eigenvalue weighted by Crippen LogP contribution is 2.58. The number of nitrogens with zero attached hydrogens (tertiary/aromatic N) is 2. The minimum absolute atomic E-state index is 0.0464. The molecule has 7 atom stereocenters. The van der Waals surface area contributed by atoms with E-state index in [1.807, 2.05) is 49.4 Å². The molecule has 1 aromatic carbocycles. The van der Waals surface area contributed by atoms with Crippen molar-refractivity contribution in [3.05, 3.63) is 60.2 Å². The molecule has 1 spiro atoms. The van der Waals surface area contributed by atoms with Crippen LogP contribution in [0.15, 0.2) is 54.6 Å². The van der Waals surface area contributed by atoms with Gasteiger partial charge in [-0.3, -0.25) is 14.4 Å². The summed E-state index contributed by atoms with van der Waals surface area (Å²) in [5.74, 6) is -3.00. The molecule has 4 heterocycles. The number of benzene rings is 1. The lowest BCUT2D eigenvalue weighted by molar-refractivity contribution is -0.160. The van der Waals surface area contributed by atoms with Crippen molar-refractivity contribution in [2.24, 2.45) is 11.8 Å². The van der Waals surface area contributed by atoms with Crippen molar-refractivity contribution in [2.45, 2.75) is 62.9 Å². The van der Waals surface area contributed by atoms with E-state index < -0.39 is 41.1 Å². The molecule has 36 heavy (non-hydrogen) atoms. The molecule has 2 fully saturated rings. The molecular weight excluding hydrogens is 460 g/mol. The second-order valence-corrected chi connectivity index (χ2v) is 10.4. The Balaban J connectivity index is 1.69. The predicted molar refractivity (Wildman–Crippen MR) is 131 cm³/mol. The Bertz CT molecular complexity index is 1100. The van der Waals surface area contributed by atoms with Crippen LogP contribution in [0.4, 0.5) is 0 Å². The van der Waals surface area contributed by atoms with Crippen LogP contribution in [0.3, 0.4) is 0 Å². The molecule has 2 saturated heterocycles. The van der Waals surface area contributed by atoms with Crippen LogP contribution in [0.1, 0.15) is 45.2 Å². The molecule has 1 aromatic rings. The van der Waals surface area contributed by atoms with Crippen LogP contribution < -0.4 is 0 Å². The van der Waals surface area contributed by atoms with Gasteiger partial charge in [0.15, 0.2) is 0 Å². The minimum Gasteiger partial charge on any atom is -0.461 e. The van der Waals surface area contributed by atoms with Crippen LogP contribution in [0.5, 0.6) is 0 Å². The number of esters is 1. The predicted octanol–water partition coefficient (Wildman–Crippen LogP) is 2.39. The second kappa shape index (κ2) is 9.16. The summed E-state index contributed by atoms with van der Waals surface area (Å²) in [4.78, 5) is 45.2. The van der Waals surface area contributed by atoms with Crippen molar-refractivity contribution in [1.82, 2.24) is 9.80 Å². The first kappa shape index (κ1) is 24.7. The SMILES string of the molecule is CCCC(C)N1CC=C[C@]23O[C@]4(C)C=CCOC(=O)[C@@H]4[C@H]2C(=O)N([C@H](CO)c2ccccc2)C3C1=O. The molecule has 8 heteroatoms. The fourth-order valence-electron chi connectivity index (χ4n) is 6.65. The highest BCUT2D eigenvalue weighted by molar-refractivity contribution is 5.99. The van der Waals surface area contributed by atoms with Crippen molar-refractivity contribution in [3.8, 4) is 0 Å². The lowest BCUT2D eigenvalue weighted by atomic mass is 9.74. The summed E-state index contributed by atoms with van der Waals surface area (Å²) in [6, 6.07) is 7.34. The Morgan fingerprint density at radius 1 is 1.08 bits per heavy atom. The van der Waals surface area contributed by atoms with Gasteiger partial charge in [0.25, 0.3) is 0 Å². The van der Waals surface area contributed by atoms with Gasteiger partial charge in [0.05, 0.1) is 24.2 Å². The third kappa shape index (κ3) is 3.53. The van der Waals surface area contributed by atoms with Crippen LogP contribution in [0.2, 0.25) is 0 Å². The van der Waals surface area contributed by atoms with Crippen molar-refractivity contribution < 1.29 is 29.0 Å². The highest BCUT2D eigenvalue weighted by Gasteiger charge is 2.75. The Morgan fingerprint density at radius 2 is 1.83 bits per heavy atom. The van der Waals surface area contributed by atoms with Gasteiger partial charge >= 0.3 is 5.97 Å². The van der Waals surface area contributed by atoms with Crippen LogP contribution in [-0.2, 0) is 23.9 Å². The third-order valence-electron chi connectivity index (χ3n) is 8.21. The number of rotatable bonds is 6. The van der Waals surface area contributed by atoms with Crippen molar-refractivity contribution in [3.63, 3.8) is 0 Å². The lowest BCUT2D eigenvalue weighted by Crippen LogP contribution is -2.58. The van der Waals surface area contributed by atoms with Crippen molar-refractivity contribution in [1.29, 1.82) is 0 Å². The molecule has 0 aromatic heterocycles. The zero-order chi connectivity index (χ0) is 25.7. The smallest absolute Gasteiger partial charge is 0.313 e. The number of aliphatic hydroxyl groups excluding tert-OH is 1. The van der Waals surface area contributed by atoms with Gasteiger partial charge in [-0.15, -0.1) is 0 Å². The molecule has 4 aliphatic rings. The Kier molecular flexibility index (Phi) is 6.29. The van der Waals surface area contributed by atoms with E-state index in [0.29, 0.717) is 12.1 Å². The van der Waals surface area contributed by atoms with Gasteiger partial charge in [-0.05, 0) is 31.9 Å². The molecule has 2 amide bonds. The normalized spacial score (nSPS) is 35.0. The summed E-state index contributed by atoms with van der Waals surface area (Å²) in [5.41, 5.74) is -1.75. The number of likely N-dealkylation sites (tertiary alicyclic amines) is 1. The van der Waals surface area contributed by atoms with Gasteiger partial charge in [0, 0.05) is 12.6 Å². The van der Waals surface area contributed by atoms with Crippen LogP contribution >= 0.6 is 0 Å². The molecule has 0 bridgehead atoms. The quantitative estimate of drug-likeness (QED) is 0.482. The zero-order valence-electron chi connectivity index (χ0n) is 21.0. The number of hydrogen-bond acceptors (Lipinski definition) is 6. The average Bonchev–Trinajstić information content (AvgIpc) is 3.11. The molecule has 2 unspecified atom stereocenters. The van der Waals surface area contributed by atoms with Gasteiger partial charge in [-0.25, -0.2) is 0 Å². The van der Waals surface area contributed by atoms with E-state index in [4.69, 9.17) is 9.47 Å². The highest BCUT2D eigenvalue weighted by atomic mass is 16.6. The molecule has 1 N–H and O–H groups in total. The second-order valence-electron chi connectivity index (χ2n) is 10.4. The molecule has 192 valence electrons. The molecule has 0 aliphatic carbocycles. The van der Waals surface area contributed by atoms with Crippen LogP contribution in [0.25, 0.3) is 0 Å². The standard InChI is InChI=1S/C28H34N2O6/c1-4-10-18(2)29-15-8-14-28-21(22-26(34)35-16-9-13-27(22,3)36-28)24(32)30(23(28)25(29)33)20(17-31)19-11-6-5-7-12-19/h5-9,11-14,18,20-23,31H,4,10,15-17H2,1-3H3/t18?,20-,21+,22+,23?,27-,28+/m1/s1. The maximum absolute atomic E-state index is 14.3. The Hall–Kier alpha value is -2.97. The molecule has 4 aliphatic heterocycles. The van der Waals surface area contributed by atoms with Gasteiger partial charge < -0.3 is 24.4 Å². The first-order chi connectivity index (χ1) is 17.3. The number of cyclic esters (lactones) is 1. The average molecular weight is 495 g/mol. The Labute approximate surface area is 211 Å². The van der Waals surface area contributed by atoms with E-state index in [9.17, 15) is 19.5 Å². The summed E-state index contributed by atoms with van der Waals surface area (Å²) in [7, 11) is 0. The summed E-state index contributed by atoms with van der Waals surface area (Å²) >= 11 is 0. The molecule has 5 rings (SSSR count). The maximum atomic E-state index is 14.3. The number of hydrogen-bond donors (Lipinski definition) is 1. The number of amides is 2. The third-order valence-corrected chi connectivity index (χ3v) is 8.21. The van der Waals surface area contributed by atoms with E-state index in [1.165, 1.54) is 4.90 Å². The molecule has 0 radical (unpaired) electrons. The summed E-state index contributed by atoms with van der Waals surface area (Å²) in [5, 5.41) is 10.5. The number of ether oxygens (including phenoxy) is 2. The first-order valence-electron chi connectivity index (χ1n) is 12.8. The molecule has 8 nitrogen and oxygen atoms in total. The van der Waals surface area contributed by atoms with E-state index in [1.54, 1.807) is 24.0 Å². The minimum atomic E-state index is -1.36. The summed E-state index contributed by atoms with van der Waals surface area (Å²) in [6.07, 6.45) is 8.93. The summed E-state index contributed by atoms with van der Waals surface area (Å²) < 4.78 is 12.1. The number of carbonyl (C=O) groups is 3. The molecular formula is C28H34N2O6. The van der Waals surface area contributed by atoms with Gasteiger partial charge in [0.1, 0.15) is 24.2 Å². The van der Waals surface area contributed by atoms with Crippen molar-refractivity contribution in [2.75, 3.05) is 19.8 Å². The van der Waals surface area contributed by atoms with Crippen LogP contribution in [0, 0.1) is 11.8 Å². The van der Waals surface area contributed by atoms with Crippen LogP contribution in [-0.4, -0.2) is 75.7 Å². The van der Waals surface area contributed by atoms with Gasteiger partial charge in [0.2, 0.25) is 11.8 Å². The number of aliphatic hydroxyl groups is 1. The monoisotopic (exact) mass is 494 g/mol. The largest absolute Gasteiger partial charge is 0.461 e. The zero-order valence-corrected chi connectivity index (χ0v) is 21.0. The van der Waals surface area contributed by atoms with Crippen molar-refractivity contribution >= 4 is 17.8 Å². The Morgan fingerprint density at radius 3 is 2.53 bits per heavy atom. The van der Waals surface area contributed by atoms with Gasteiger partial charge in [-0.1, -0.05) is 61.9 Å². The van der Waals surface area contributed by atoms with Gasteiger partial charge in [-0.2, -0.15) is 0 Å². The van der Waals surface area contributed by atoms with E-state index in [-0.39, 0.29) is 31.1 Å². The lowest BCUT2D eigenvalue weighted by Gasteiger charge is -2.41. The topological polar surface area (TPSA) is 96.4 Å². The summed E-state index contributed by atoms with van der Waals surface area (Å²) in [6.45, 7) is 5.98. The first-order valence-corrected chi connectivity index (χ1v) is 12.8. The number of fused-ring (bicyclic) bond motifs is 2. The number of carbonyl (C=O) groups excluding carboxylic acids is 3. The fourth-order valence-corrected chi connectivity index (χ4v) is 6.65. The van der Waals surface area contributed by atoms with E-state index in [2.05, 4.69) is 6.92 Å². The molecule has 0 saturated carbocycles. The fraction of sp³-hybridized carbons (Fsp3) is 0.536. The maximum Gasteiger partial charge on any atom is 0.313 e.